The first-order chi connectivity index (χ1) is 9.70. The van der Waals surface area contributed by atoms with Crippen LogP contribution >= 0.6 is 11.6 Å². The van der Waals surface area contributed by atoms with Crippen molar-refractivity contribution in [2.45, 2.75) is 19.8 Å². The van der Waals surface area contributed by atoms with Gasteiger partial charge in [0.1, 0.15) is 11.9 Å². The highest BCUT2D eigenvalue weighted by Crippen LogP contribution is 2.33. The Labute approximate surface area is 123 Å². The second-order valence-corrected chi connectivity index (χ2v) is 5.60. The lowest BCUT2D eigenvalue weighted by atomic mass is 10.1. The molecule has 0 aliphatic carbocycles. The predicted octanol–water partition coefficient (Wildman–Crippen LogP) is 4.12. The highest BCUT2D eigenvalue weighted by Gasteiger charge is 2.22. The molecule has 1 aliphatic heterocycles. The van der Waals surface area contributed by atoms with Crippen LogP contribution in [0.15, 0.2) is 24.3 Å². The molecule has 0 bridgehead atoms. The Morgan fingerprint density at radius 2 is 1.85 bits per heavy atom. The van der Waals surface area contributed by atoms with Gasteiger partial charge < -0.3 is 9.88 Å². The number of rotatable bonds is 2. The van der Waals surface area contributed by atoms with Crippen molar-refractivity contribution in [2.75, 3.05) is 18.0 Å². The minimum atomic E-state index is 0.721. The highest BCUT2D eigenvalue weighted by molar-refractivity contribution is 6.30. The molecule has 2 heterocycles. The van der Waals surface area contributed by atoms with Gasteiger partial charge in [0, 0.05) is 18.1 Å². The molecule has 1 aromatic carbocycles. The number of aromatic amines is 1. The number of nitriles is 1. The first kappa shape index (κ1) is 13.1. The van der Waals surface area contributed by atoms with Gasteiger partial charge >= 0.3 is 0 Å². The second kappa shape index (κ2) is 5.22. The molecule has 0 saturated carbocycles. The maximum absolute atomic E-state index is 9.45. The zero-order valence-corrected chi connectivity index (χ0v) is 12.2. The van der Waals surface area contributed by atoms with E-state index < -0.39 is 0 Å². The van der Waals surface area contributed by atoms with E-state index in [2.05, 4.69) is 16.0 Å². The Morgan fingerprint density at radius 3 is 2.45 bits per heavy atom. The summed E-state index contributed by atoms with van der Waals surface area (Å²) in [6, 6.07) is 10.1. The summed E-state index contributed by atoms with van der Waals surface area (Å²) in [4.78, 5) is 5.71. The summed E-state index contributed by atoms with van der Waals surface area (Å²) in [5, 5.41) is 10.2. The van der Waals surface area contributed by atoms with Gasteiger partial charge in [-0.15, -0.1) is 0 Å². The molecule has 0 atom stereocenters. The molecular formula is C16H16ClN3. The minimum Gasteiger partial charge on any atom is -0.357 e. The Kier molecular flexibility index (Phi) is 3.42. The van der Waals surface area contributed by atoms with E-state index in [0.717, 1.165) is 46.3 Å². The van der Waals surface area contributed by atoms with Gasteiger partial charge in [-0.3, -0.25) is 0 Å². The van der Waals surface area contributed by atoms with Gasteiger partial charge in [0.15, 0.2) is 0 Å². The predicted molar refractivity (Wildman–Crippen MR) is 82.1 cm³/mol. The van der Waals surface area contributed by atoms with E-state index in [0.29, 0.717) is 0 Å². The maximum Gasteiger partial charge on any atom is 0.124 e. The number of benzene rings is 1. The second-order valence-electron chi connectivity index (χ2n) is 5.16. The third-order valence-corrected chi connectivity index (χ3v) is 4.15. The summed E-state index contributed by atoms with van der Waals surface area (Å²) in [7, 11) is 0. The number of hydrogen-bond acceptors (Lipinski definition) is 2. The Hall–Kier alpha value is -1.92. The average molecular weight is 286 g/mol. The fraction of sp³-hybridized carbons (Fsp3) is 0.312. The van der Waals surface area contributed by atoms with Gasteiger partial charge in [-0.05, 0) is 43.0 Å². The standard InChI is InChI=1S/C16H16ClN3/c1-11-14(10-18)16(20-8-2-3-9-20)19-15(11)12-4-6-13(17)7-5-12/h4-7,19H,2-3,8-9H2,1H3. The Morgan fingerprint density at radius 1 is 1.20 bits per heavy atom. The molecule has 4 heteroatoms. The van der Waals surface area contributed by atoms with Crippen LogP contribution in [0.4, 0.5) is 5.82 Å². The van der Waals surface area contributed by atoms with Crippen LogP contribution in [0, 0.1) is 18.3 Å². The molecule has 0 amide bonds. The summed E-state index contributed by atoms with van der Waals surface area (Å²) in [6.07, 6.45) is 2.39. The van der Waals surface area contributed by atoms with Crippen molar-refractivity contribution >= 4 is 17.4 Å². The topological polar surface area (TPSA) is 42.8 Å². The molecule has 1 fully saturated rings. The van der Waals surface area contributed by atoms with Crippen LogP contribution in [0.2, 0.25) is 5.02 Å². The lowest BCUT2D eigenvalue weighted by molar-refractivity contribution is 0.944. The van der Waals surface area contributed by atoms with E-state index >= 15 is 0 Å². The van der Waals surface area contributed by atoms with Crippen LogP contribution in [0.1, 0.15) is 24.0 Å². The van der Waals surface area contributed by atoms with Gasteiger partial charge in [0.25, 0.3) is 0 Å². The molecule has 3 rings (SSSR count). The molecule has 102 valence electrons. The monoisotopic (exact) mass is 285 g/mol. The molecule has 1 N–H and O–H groups in total. The number of nitrogens with one attached hydrogen (secondary N) is 1. The first-order valence-corrected chi connectivity index (χ1v) is 7.22. The van der Waals surface area contributed by atoms with Crippen LogP contribution in [0.25, 0.3) is 11.3 Å². The van der Waals surface area contributed by atoms with Crippen LogP contribution in [-0.4, -0.2) is 18.1 Å². The van der Waals surface area contributed by atoms with Gasteiger partial charge in [-0.1, -0.05) is 23.7 Å². The number of nitrogens with zero attached hydrogens (tertiary/aromatic N) is 2. The van der Waals surface area contributed by atoms with Crippen molar-refractivity contribution in [2.24, 2.45) is 0 Å². The fourth-order valence-electron chi connectivity index (χ4n) is 2.80. The first-order valence-electron chi connectivity index (χ1n) is 6.84. The third-order valence-electron chi connectivity index (χ3n) is 3.90. The number of hydrogen-bond donors (Lipinski definition) is 1. The van der Waals surface area contributed by atoms with E-state index in [1.807, 2.05) is 31.2 Å². The van der Waals surface area contributed by atoms with Crippen molar-refractivity contribution in [1.82, 2.24) is 4.98 Å². The molecule has 3 nitrogen and oxygen atoms in total. The minimum absolute atomic E-state index is 0.721. The van der Waals surface area contributed by atoms with E-state index in [9.17, 15) is 5.26 Å². The SMILES string of the molecule is Cc1c(-c2ccc(Cl)cc2)[nH]c(N2CCCC2)c1C#N. The number of aromatic nitrogens is 1. The molecule has 0 radical (unpaired) electrons. The average Bonchev–Trinajstić information content (AvgIpc) is 3.07. The molecule has 1 aromatic heterocycles. The summed E-state index contributed by atoms with van der Waals surface area (Å²) in [5.74, 6) is 0.965. The Balaban J connectivity index is 2.08. The van der Waals surface area contributed by atoms with Crippen LogP contribution in [-0.2, 0) is 0 Å². The van der Waals surface area contributed by atoms with Gasteiger partial charge in [-0.2, -0.15) is 5.26 Å². The van der Waals surface area contributed by atoms with Crippen molar-refractivity contribution < 1.29 is 0 Å². The van der Waals surface area contributed by atoms with E-state index in [-0.39, 0.29) is 0 Å². The van der Waals surface area contributed by atoms with E-state index in [4.69, 9.17) is 11.6 Å². The molecule has 0 spiro atoms. The van der Waals surface area contributed by atoms with E-state index in [1.165, 1.54) is 12.8 Å². The van der Waals surface area contributed by atoms with E-state index in [1.54, 1.807) is 0 Å². The smallest absolute Gasteiger partial charge is 0.124 e. The Bertz CT molecular complexity index is 658. The lowest BCUT2D eigenvalue weighted by Gasteiger charge is -2.15. The summed E-state index contributed by atoms with van der Waals surface area (Å²) in [5.41, 5.74) is 3.85. The van der Waals surface area contributed by atoms with Crippen LogP contribution in [0.3, 0.4) is 0 Å². The molecular weight excluding hydrogens is 270 g/mol. The lowest BCUT2D eigenvalue weighted by Crippen LogP contribution is -2.18. The number of H-pyrrole nitrogens is 1. The largest absolute Gasteiger partial charge is 0.357 e. The molecule has 0 unspecified atom stereocenters. The van der Waals surface area contributed by atoms with Crippen molar-refractivity contribution in [3.05, 3.63) is 40.4 Å². The zero-order chi connectivity index (χ0) is 14.1. The van der Waals surface area contributed by atoms with Gasteiger partial charge in [0.2, 0.25) is 0 Å². The molecule has 1 aliphatic rings. The van der Waals surface area contributed by atoms with Crippen molar-refractivity contribution in [1.29, 1.82) is 5.26 Å². The summed E-state index contributed by atoms with van der Waals surface area (Å²) in [6.45, 7) is 4.04. The normalized spacial score (nSPS) is 14.6. The molecule has 20 heavy (non-hydrogen) atoms. The van der Waals surface area contributed by atoms with Gasteiger partial charge in [-0.25, -0.2) is 0 Å². The van der Waals surface area contributed by atoms with Crippen LogP contribution in [0.5, 0.6) is 0 Å². The van der Waals surface area contributed by atoms with Crippen LogP contribution < -0.4 is 4.90 Å². The third kappa shape index (κ3) is 2.17. The fourth-order valence-corrected chi connectivity index (χ4v) is 2.92. The number of anilines is 1. The summed E-state index contributed by atoms with van der Waals surface area (Å²) < 4.78 is 0. The molecule has 2 aromatic rings. The molecule has 1 saturated heterocycles. The quantitative estimate of drug-likeness (QED) is 0.902. The zero-order valence-electron chi connectivity index (χ0n) is 11.4. The number of halogens is 1. The maximum atomic E-state index is 9.45. The van der Waals surface area contributed by atoms with Crippen molar-refractivity contribution in [3.8, 4) is 17.3 Å². The van der Waals surface area contributed by atoms with Gasteiger partial charge in [0.05, 0.1) is 11.3 Å². The summed E-state index contributed by atoms with van der Waals surface area (Å²) >= 11 is 5.94. The van der Waals surface area contributed by atoms with Crippen molar-refractivity contribution in [3.63, 3.8) is 0 Å². The highest BCUT2D eigenvalue weighted by atomic mass is 35.5.